The van der Waals surface area contributed by atoms with Gasteiger partial charge in [0.25, 0.3) is 0 Å². The van der Waals surface area contributed by atoms with Gasteiger partial charge in [-0.3, -0.25) is 4.79 Å². The fraction of sp³-hybridized carbons (Fsp3) is 0.741. The zero-order chi connectivity index (χ0) is 20.9. The minimum Gasteiger partial charge on any atom is -0.386 e. The second kappa shape index (κ2) is 5.98. The van der Waals surface area contributed by atoms with Gasteiger partial charge in [0.05, 0.1) is 12.0 Å². The molecular formula is C27H36O3. The first kappa shape index (κ1) is 19.5. The minimum atomic E-state index is -0.983. The number of rotatable bonds is 3. The lowest BCUT2D eigenvalue weighted by molar-refractivity contribution is -0.186. The van der Waals surface area contributed by atoms with E-state index in [1.807, 2.05) is 0 Å². The molecule has 5 fully saturated rings. The lowest BCUT2D eigenvalue weighted by Gasteiger charge is -2.57. The summed E-state index contributed by atoms with van der Waals surface area (Å²) in [6.45, 7) is 4.82. The number of aliphatic hydroxyl groups is 1. The van der Waals surface area contributed by atoms with Crippen molar-refractivity contribution in [1.82, 2.24) is 0 Å². The quantitative estimate of drug-likeness (QED) is 0.781. The number of carbonyl (C=O) groups is 1. The molecule has 5 aliphatic carbocycles. The Morgan fingerprint density at radius 2 is 1.83 bits per heavy atom. The monoisotopic (exact) mass is 408 g/mol. The van der Waals surface area contributed by atoms with Crippen molar-refractivity contribution in [1.29, 1.82) is 0 Å². The number of ether oxygens (including phenoxy) is 1. The van der Waals surface area contributed by atoms with Crippen LogP contribution in [-0.2, 0) is 16.0 Å². The summed E-state index contributed by atoms with van der Waals surface area (Å²) in [4.78, 5) is 13.2. The molecule has 3 nitrogen and oxygen atoms in total. The highest BCUT2D eigenvalue weighted by molar-refractivity contribution is 5.88. The van der Waals surface area contributed by atoms with E-state index in [4.69, 9.17) is 4.74 Å². The standard InChI is InChI=1S/C27H36O3/c1-24-16-19-10-12-26(11-9-18(15-26)13-17-7-5-4-6-8-17)25(24,2)22(19)23-20(28)14-21(30-3)27(23,24)29/h4-8,18-19,21-23,29H,9-16H2,1-3H3. The van der Waals surface area contributed by atoms with E-state index in [9.17, 15) is 9.90 Å². The van der Waals surface area contributed by atoms with Crippen LogP contribution in [-0.4, -0.2) is 29.7 Å². The first-order valence-electron chi connectivity index (χ1n) is 12.1. The van der Waals surface area contributed by atoms with Crippen LogP contribution >= 0.6 is 0 Å². The fourth-order valence-electron chi connectivity index (χ4n) is 10.2. The van der Waals surface area contributed by atoms with Crippen molar-refractivity contribution in [2.45, 2.75) is 76.9 Å². The molecule has 6 rings (SSSR count). The van der Waals surface area contributed by atoms with E-state index in [-0.39, 0.29) is 34.1 Å². The third-order valence-corrected chi connectivity index (χ3v) is 11.4. The van der Waals surface area contributed by atoms with Gasteiger partial charge in [-0.15, -0.1) is 0 Å². The van der Waals surface area contributed by atoms with Crippen LogP contribution in [0.5, 0.6) is 0 Å². The van der Waals surface area contributed by atoms with Gasteiger partial charge in [0, 0.05) is 18.9 Å². The largest absolute Gasteiger partial charge is 0.386 e. The molecule has 0 radical (unpaired) electrons. The Hall–Kier alpha value is -1.19. The molecule has 1 aromatic rings. The van der Waals surface area contributed by atoms with Crippen LogP contribution in [0.1, 0.15) is 64.4 Å². The molecule has 5 aliphatic rings. The average Bonchev–Trinajstić information content (AvgIpc) is 3.35. The Kier molecular flexibility index (Phi) is 3.89. The predicted molar refractivity (Wildman–Crippen MR) is 116 cm³/mol. The van der Waals surface area contributed by atoms with Gasteiger partial charge in [0.1, 0.15) is 11.4 Å². The van der Waals surface area contributed by atoms with Gasteiger partial charge >= 0.3 is 0 Å². The Balaban J connectivity index is 1.40. The van der Waals surface area contributed by atoms with Crippen molar-refractivity contribution >= 4 is 5.78 Å². The number of carbonyl (C=O) groups excluding carboxylic acids is 1. The zero-order valence-electron chi connectivity index (χ0n) is 18.7. The number of ketones is 1. The molecule has 4 bridgehead atoms. The van der Waals surface area contributed by atoms with Crippen molar-refractivity contribution in [2.24, 2.45) is 39.9 Å². The van der Waals surface area contributed by atoms with Gasteiger partial charge < -0.3 is 9.84 Å². The lowest BCUT2D eigenvalue weighted by Crippen LogP contribution is -2.58. The normalized spacial score (nSPS) is 53.6. The van der Waals surface area contributed by atoms with Gasteiger partial charge in [0.15, 0.2) is 0 Å². The summed E-state index contributed by atoms with van der Waals surface area (Å²) in [5.74, 6) is 1.72. The molecule has 3 heteroatoms. The van der Waals surface area contributed by atoms with Crippen LogP contribution in [0.25, 0.3) is 0 Å². The molecule has 5 saturated carbocycles. The summed E-state index contributed by atoms with van der Waals surface area (Å²) in [5.41, 5.74) is 0.524. The molecule has 0 aliphatic heterocycles. The van der Waals surface area contributed by atoms with Crippen molar-refractivity contribution < 1.29 is 14.6 Å². The Bertz CT molecular complexity index is 881. The fourth-order valence-corrected chi connectivity index (χ4v) is 10.2. The van der Waals surface area contributed by atoms with Gasteiger partial charge in [-0.1, -0.05) is 44.2 Å². The van der Waals surface area contributed by atoms with Crippen LogP contribution in [0, 0.1) is 39.9 Å². The molecule has 9 atom stereocenters. The van der Waals surface area contributed by atoms with Crippen molar-refractivity contribution in [3.8, 4) is 0 Å². The Labute approximate surface area is 180 Å². The highest BCUT2D eigenvalue weighted by atomic mass is 16.5. The van der Waals surface area contributed by atoms with E-state index in [1.165, 1.54) is 37.7 Å². The molecule has 0 heterocycles. The maximum Gasteiger partial charge on any atom is 0.141 e. The van der Waals surface area contributed by atoms with Crippen LogP contribution in [0.15, 0.2) is 30.3 Å². The van der Waals surface area contributed by atoms with Gasteiger partial charge in [-0.05, 0) is 79.1 Å². The van der Waals surface area contributed by atoms with Gasteiger partial charge in [0.2, 0.25) is 0 Å². The number of benzene rings is 1. The molecule has 1 N–H and O–H groups in total. The van der Waals surface area contributed by atoms with E-state index in [1.54, 1.807) is 7.11 Å². The van der Waals surface area contributed by atoms with E-state index in [0.717, 1.165) is 12.8 Å². The molecule has 0 aromatic heterocycles. The SMILES string of the molecule is COC1CC(=O)C2C3C4CCC5(CCC(Cc6ccccc6)C5)C3(C)C(C)(C4)C12O. The first-order valence-corrected chi connectivity index (χ1v) is 12.1. The Morgan fingerprint density at radius 3 is 2.57 bits per heavy atom. The summed E-state index contributed by atoms with van der Waals surface area (Å²) in [6, 6.07) is 10.9. The van der Waals surface area contributed by atoms with Crippen LogP contribution in [0.2, 0.25) is 0 Å². The maximum atomic E-state index is 13.2. The summed E-state index contributed by atoms with van der Waals surface area (Å²) >= 11 is 0. The lowest BCUT2D eigenvalue weighted by atomic mass is 9.48. The third-order valence-electron chi connectivity index (χ3n) is 11.4. The van der Waals surface area contributed by atoms with E-state index >= 15 is 0 Å². The molecular weight excluding hydrogens is 372 g/mol. The summed E-state index contributed by atoms with van der Waals surface area (Å²) in [6.07, 6.45) is 8.61. The second-order valence-electron chi connectivity index (χ2n) is 11.8. The number of methoxy groups -OCH3 is 1. The molecule has 1 aromatic carbocycles. The predicted octanol–water partition coefficient (Wildman–Crippen LogP) is 4.81. The van der Waals surface area contributed by atoms with Gasteiger partial charge in [-0.25, -0.2) is 0 Å². The summed E-state index contributed by atoms with van der Waals surface area (Å²) < 4.78 is 5.79. The first-order chi connectivity index (χ1) is 14.3. The highest BCUT2D eigenvalue weighted by Gasteiger charge is 2.86. The van der Waals surface area contributed by atoms with Crippen LogP contribution in [0.3, 0.4) is 0 Å². The molecule has 0 amide bonds. The third kappa shape index (κ3) is 1.95. The van der Waals surface area contributed by atoms with Gasteiger partial charge in [-0.2, -0.15) is 0 Å². The van der Waals surface area contributed by atoms with Crippen LogP contribution in [0.4, 0.5) is 0 Å². The highest BCUT2D eigenvalue weighted by Crippen LogP contribution is 2.85. The topological polar surface area (TPSA) is 46.5 Å². The van der Waals surface area contributed by atoms with E-state index in [0.29, 0.717) is 24.2 Å². The van der Waals surface area contributed by atoms with Crippen LogP contribution < -0.4 is 0 Å². The summed E-state index contributed by atoms with van der Waals surface area (Å²) in [5, 5.41) is 12.2. The van der Waals surface area contributed by atoms with Crippen molar-refractivity contribution in [2.75, 3.05) is 7.11 Å². The zero-order valence-corrected chi connectivity index (χ0v) is 18.7. The summed E-state index contributed by atoms with van der Waals surface area (Å²) in [7, 11) is 1.68. The Morgan fingerprint density at radius 1 is 1.10 bits per heavy atom. The molecule has 30 heavy (non-hydrogen) atoms. The average molecular weight is 409 g/mol. The minimum absolute atomic E-state index is 0.0284. The maximum absolute atomic E-state index is 13.2. The number of hydrogen-bond donors (Lipinski definition) is 1. The smallest absolute Gasteiger partial charge is 0.141 e. The van der Waals surface area contributed by atoms with E-state index in [2.05, 4.69) is 44.2 Å². The van der Waals surface area contributed by atoms with Crippen molar-refractivity contribution in [3.05, 3.63) is 35.9 Å². The number of fused-ring (bicyclic) bond motifs is 2. The molecule has 9 unspecified atom stereocenters. The molecule has 1 spiro atoms. The second-order valence-corrected chi connectivity index (χ2v) is 11.8. The van der Waals surface area contributed by atoms with E-state index < -0.39 is 5.60 Å². The molecule has 0 saturated heterocycles. The van der Waals surface area contributed by atoms with Crippen molar-refractivity contribution in [3.63, 3.8) is 0 Å². The molecule has 162 valence electrons. The number of Topliss-reactive ketones (excluding diaryl/α,β-unsaturated/α-hetero) is 1. The number of hydrogen-bond acceptors (Lipinski definition) is 3.